The third-order valence-corrected chi connectivity index (χ3v) is 9.77. The first-order chi connectivity index (χ1) is 30.5. The maximum Gasteiger partial charge on any atom is 0.203 e. The number of carbonyl (C=O) groups excluding carboxylic acids is 3. The van der Waals surface area contributed by atoms with Crippen LogP contribution in [0, 0.1) is 30.2 Å². The van der Waals surface area contributed by atoms with Gasteiger partial charge in [-0.1, -0.05) is 26.0 Å². The molecule has 6 rings (SSSR count). The van der Waals surface area contributed by atoms with Crippen molar-refractivity contribution in [1.29, 1.82) is 0 Å². The van der Waals surface area contributed by atoms with Crippen molar-refractivity contribution in [3.63, 3.8) is 0 Å². The fourth-order valence-corrected chi connectivity index (χ4v) is 6.14. The van der Waals surface area contributed by atoms with Crippen molar-refractivity contribution in [3.8, 4) is 51.7 Å². The summed E-state index contributed by atoms with van der Waals surface area (Å²) in [6.45, 7) is 2.66. The highest BCUT2D eigenvalue weighted by atomic mass is 19.2. The van der Waals surface area contributed by atoms with Crippen molar-refractivity contribution in [3.05, 3.63) is 159 Å². The minimum atomic E-state index is -1.23. The minimum absolute atomic E-state index is 0.0264. The lowest BCUT2D eigenvalue weighted by molar-refractivity contribution is 0.0909. The Morgan fingerprint density at radius 2 is 1.02 bits per heavy atom. The van der Waals surface area contributed by atoms with Gasteiger partial charge in [-0.3, -0.25) is 14.4 Å². The zero-order valence-electron chi connectivity index (χ0n) is 34.4. The van der Waals surface area contributed by atoms with E-state index in [-0.39, 0.29) is 57.4 Å². The first-order valence-corrected chi connectivity index (χ1v) is 19.4. The highest BCUT2D eigenvalue weighted by Crippen LogP contribution is 2.35. The second kappa shape index (κ2) is 20.0. The molecule has 12 nitrogen and oxygen atoms in total. The summed E-state index contributed by atoms with van der Waals surface area (Å²) in [6, 6.07) is 19.1. The molecule has 0 bridgehead atoms. The number of aromatic hydroxyl groups is 4. The number of carbonyl (C=O) groups is 3. The quantitative estimate of drug-likeness (QED) is 0.0448. The lowest BCUT2D eigenvalue weighted by Gasteiger charge is -2.17. The number of hydrogen-bond acceptors (Lipinski definition) is 12. The molecule has 64 heavy (non-hydrogen) atoms. The Morgan fingerprint density at radius 3 is 1.62 bits per heavy atom. The molecule has 332 valence electrons. The van der Waals surface area contributed by atoms with Crippen molar-refractivity contribution < 1.29 is 76.1 Å². The molecule has 0 radical (unpaired) electrons. The summed E-state index contributed by atoms with van der Waals surface area (Å²) in [5.41, 5.74) is 0.733. The summed E-state index contributed by atoms with van der Waals surface area (Å²) in [4.78, 5) is 40.2. The molecule has 0 atom stereocenters. The van der Waals surface area contributed by atoms with Crippen molar-refractivity contribution >= 4 is 17.3 Å². The lowest BCUT2D eigenvalue weighted by atomic mass is 10.0. The molecular formula is C48H40F4O12. The largest absolute Gasteiger partial charge is 0.508 e. The van der Waals surface area contributed by atoms with E-state index < -0.39 is 90.0 Å². The van der Waals surface area contributed by atoms with Crippen LogP contribution in [0.15, 0.2) is 97.1 Å². The number of phenols is 4. The van der Waals surface area contributed by atoms with Gasteiger partial charge < -0.3 is 44.1 Å². The van der Waals surface area contributed by atoms with Crippen LogP contribution >= 0.6 is 0 Å². The maximum atomic E-state index is 14.1. The van der Waals surface area contributed by atoms with Crippen LogP contribution in [0.4, 0.5) is 17.6 Å². The molecule has 0 fully saturated rings. The number of hydrogen-bond donors (Lipinski definition) is 4. The Morgan fingerprint density at radius 1 is 0.484 bits per heavy atom. The average Bonchev–Trinajstić information content (AvgIpc) is 3.25. The van der Waals surface area contributed by atoms with Gasteiger partial charge in [0, 0.05) is 41.5 Å². The molecule has 0 spiro atoms. The Labute approximate surface area is 363 Å². The van der Waals surface area contributed by atoms with Gasteiger partial charge in [0.1, 0.15) is 65.0 Å². The topological polar surface area (TPSA) is 178 Å². The minimum Gasteiger partial charge on any atom is -0.508 e. The first-order valence-electron chi connectivity index (χ1n) is 19.4. The predicted octanol–water partition coefficient (Wildman–Crippen LogP) is 9.44. The van der Waals surface area contributed by atoms with Gasteiger partial charge in [0.15, 0.2) is 43.0 Å². The molecule has 16 heteroatoms. The highest BCUT2D eigenvalue weighted by molar-refractivity contribution is 6.01. The predicted molar refractivity (Wildman–Crippen MR) is 222 cm³/mol. The van der Waals surface area contributed by atoms with Crippen molar-refractivity contribution in [2.24, 2.45) is 0 Å². The fourth-order valence-electron chi connectivity index (χ4n) is 6.14. The average molecular weight is 885 g/mol. The van der Waals surface area contributed by atoms with E-state index >= 15 is 0 Å². The monoisotopic (exact) mass is 884 g/mol. The van der Waals surface area contributed by atoms with Gasteiger partial charge in [-0.05, 0) is 78.6 Å². The number of aryl methyl sites for hydroxylation is 1. The molecule has 0 amide bonds. The molecule has 4 N–H and O–H groups in total. The summed E-state index contributed by atoms with van der Waals surface area (Å²) in [5.74, 6) is -8.66. The molecule has 0 unspecified atom stereocenters. The van der Waals surface area contributed by atoms with E-state index in [1.807, 2.05) is 26.0 Å². The van der Waals surface area contributed by atoms with Crippen LogP contribution in [0.2, 0.25) is 0 Å². The molecule has 6 aromatic carbocycles. The third kappa shape index (κ3) is 11.2. The van der Waals surface area contributed by atoms with E-state index in [1.54, 1.807) is 19.1 Å². The molecule has 0 aliphatic rings. The molecule has 0 aliphatic carbocycles. The van der Waals surface area contributed by atoms with Crippen LogP contribution < -0.4 is 23.7 Å². The second-order valence-electron chi connectivity index (χ2n) is 14.7. The van der Waals surface area contributed by atoms with Crippen LogP contribution in [0.1, 0.15) is 73.1 Å². The van der Waals surface area contributed by atoms with E-state index in [1.165, 1.54) is 18.2 Å². The number of phenolic OH excluding ortho intramolecular Hbond substituents is 4. The van der Waals surface area contributed by atoms with E-state index in [0.29, 0.717) is 23.3 Å². The van der Waals surface area contributed by atoms with Gasteiger partial charge >= 0.3 is 0 Å². The molecular weight excluding hydrogens is 845 g/mol. The molecule has 0 aliphatic heterocycles. The van der Waals surface area contributed by atoms with E-state index in [2.05, 4.69) is 0 Å². The smallest absolute Gasteiger partial charge is 0.203 e. The number of Topliss-reactive ketones (excluding diaryl/α,β-unsaturated/α-hetero) is 3. The van der Waals surface area contributed by atoms with Crippen LogP contribution in [-0.2, 0) is 13.2 Å². The Balaban J connectivity index is 1.24. The summed E-state index contributed by atoms with van der Waals surface area (Å²) in [6.07, 6.45) is 0. The number of rotatable bonds is 19. The van der Waals surface area contributed by atoms with Crippen molar-refractivity contribution in [2.75, 3.05) is 19.8 Å². The summed E-state index contributed by atoms with van der Waals surface area (Å²) in [7, 11) is 0. The van der Waals surface area contributed by atoms with E-state index in [9.17, 15) is 52.4 Å². The van der Waals surface area contributed by atoms with E-state index in [4.69, 9.17) is 23.7 Å². The zero-order chi connectivity index (χ0) is 46.2. The highest BCUT2D eigenvalue weighted by Gasteiger charge is 2.23. The number of halogens is 4. The second-order valence-corrected chi connectivity index (χ2v) is 14.7. The van der Waals surface area contributed by atoms with Gasteiger partial charge in [0.05, 0.1) is 16.7 Å². The number of ketones is 3. The van der Waals surface area contributed by atoms with Gasteiger partial charge in [-0.15, -0.1) is 0 Å². The zero-order valence-corrected chi connectivity index (χ0v) is 34.4. The molecule has 0 saturated heterocycles. The number of benzene rings is 6. The van der Waals surface area contributed by atoms with Crippen LogP contribution in [-0.4, -0.2) is 57.6 Å². The standard InChI is InChI=1S/C48H40F4O12/c1-25(2)27-4-7-31(8-5-27)60-22-44(58)34-12-26(3)39(53)18-47(34)62-21-29-14-35(45(59)23-61-32-9-10-36(50)37(51)16-32)48(19-41(29)55)63-20-28-13-33(42(56)17-40(28)54)43(57)24-64-46-11-6-30(49)15-38(46)52/h4-19,25,53-56H,20-24H2,1-3H3. The first kappa shape index (κ1) is 45.8. The summed E-state index contributed by atoms with van der Waals surface area (Å²) < 4.78 is 82.9. The number of ether oxygens (including phenoxy) is 5. The van der Waals surface area contributed by atoms with Gasteiger partial charge in [0.25, 0.3) is 0 Å². The normalized spacial score (nSPS) is 11.0. The SMILES string of the molecule is Cc1cc(C(=O)COc2ccc(C(C)C)cc2)c(OCc2cc(C(=O)COc3ccc(F)c(F)c3)c(OCc3cc(C(=O)COc4ccc(F)cc4F)c(O)cc3O)cc2O)cc1O. The molecule has 0 saturated carbocycles. The summed E-state index contributed by atoms with van der Waals surface area (Å²) >= 11 is 0. The molecule has 0 aromatic heterocycles. The lowest BCUT2D eigenvalue weighted by Crippen LogP contribution is -2.15. The van der Waals surface area contributed by atoms with Gasteiger partial charge in [-0.25, -0.2) is 17.6 Å². The fraction of sp³-hybridized carbons (Fsp3) is 0.188. The van der Waals surface area contributed by atoms with Gasteiger partial charge in [-0.2, -0.15) is 0 Å². The van der Waals surface area contributed by atoms with Crippen LogP contribution in [0.25, 0.3) is 0 Å². The molecule has 0 heterocycles. The van der Waals surface area contributed by atoms with Crippen LogP contribution in [0.3, 0.4) is 0 Å². The Bertz CT molecular complexity index is 2720. The Hall–Kier alpha value is -7.75. The van der Waals surface area contributed by atoms with Crippen LogP contribution in [0.5, 0.6) is 51.7 Å². The van der Waals surface area contributed by atoms with Crippen molar-refractivity contribution in [2.45, 2.75) is 39.9 Å². The van der Waals surface area contributed by atoms with Crippen molar-refractivity contribution in [1.82, 2.24) is 0 Å². The van der Waals surface area contributed by atoms with E-state index in [0.717, 1.165) is 54.1 Å². The Kier molecular flexibility index (Phi) is 14.3. The maximum absolute atomic E-state index is 14.1. The van der Waals surface area contributed by atoms with Gasteiger partial charge in [0.2, 0.25) is 17.3 Å². The third-order valence-electron chi connectivity index (χ3n) is 9.77. The summed E-state index contributed by atoms with van der Waals surface area (Å²) in [5, 5.41) is 42.8. The molecule has 6 aromatic rings.